The highest BCUT2D eigenvalue weighted by atomic mass is 32.1. The maximum Gasteiger partial charge on any atom is 0.226 e. The number of hydrogen-bond acceptors (Lipinski definition) is 5. The molecule has 4 heterocycles. The fourth-order valence-corrected chi connectivity index (χ4v) is 3.17. The number of fused-ring (bicyclic) bond motifs is 1. The Morgan fingerprint density at radius 2 is 1.96 bits per heavy atom. The quantitative estimate of drug-likeness (QED) is 0.602. The SMILES string of the molecule is O=C(Cc1csc(-n2cccc2)n1)NCc1nnc2ccccn12. The summed E-state index contributed by atoms with van der Waals surface area (Å²) < 4.78 is 3.78. The van der Waals surface area contributed by atoms with Gasteiger partial charge in [0.25, 0.3) is 0 Å². The minimum atomic E-state index is -0.0907. The van der Waals surface area contributed by atoms with Crippen LogP contribution >= 0.6 is 11.3 Å². The first kappa shape index (κ1) is 14.6. The number of nitrogens with one attached hydrogen (secondary N) is 1. The monoisotopic (exact) mass is 338 g/mol. The zero-order valence-corrected chi connectivity index (χ0v) is 13.5. The Labute approximate surface area is 141 Å². The second-order valence-corrected chi connectivity index (χ2v) is 6.05. The minimum Gasteiger partial charge on any atom is -0.348 e. The van der Waals surface area contributed by atoms with Crippen LogP contribution in [0.4, 0.5) is 0 Å². The van der Waals surface area contributed by atoms with Gasteiger partial charge in [0.2, 0.25) is 5.91 Å². The molecule has 0 bridgehead atoms. The van der Waals surface area contributed by atoms with Gasteiger partial charge < -0.3 is 9.88 Å². The van der Waals surface area contributed by atoms with Crippen LogP contribution < -0.4 is 5.32 Å². The Balaban J connectivity index is 1.38. The molecule has 4 aromatic rings. The molecule has 1 N–H and O–H groups in total. The molecule has 7 nitrogen and oxygen atoms in total. The summed E-state index contributed by atoms with van der Waals surface area (Å²) in [5.74, 6) is 0.609. The van der Waals surface area contributed by atoms with Crippen LogP contribution in [0.3, 0.4) is 0 Å². The number of amides is 1. The van der Waals surface area contributed by atoms with Crippen molar-refractivity contribution < 1.29 is 4.79 Å². The molecule has 0 atom stereocenters. The van der Waals surface area contributed by atoms with Crippen molar-refractivity contribution in [3.05, 3.63) is 65.8 Å². The first-order valence-corrected chi connectivity index (χ1v) is 8.31. The van der Waals surface area contributed by atoms with Gasteiger partial charge in [-0.05, 0) is 24.3 Å². The topological polar surface area (TPSA) is 77.1 Å². The van der Waals surface area contributed by atoms with E-state index in [4.69, 9.17) is 0 Å². The molecule has 0 radical (unpaired) electrons. The second-order valence-electron chi connectivity index (χ2n) is 5.21. The van der Waals surface area contributed by atoms with E-state index in [-0.39, 0.29) is 12.3 Å². The van der Waals surface area contributed by atoms with Crippen LogP contribution in [-0.4, -0.2) is 30.1 Å². The van der Waals surface area contributed by atoms with Gasteiger partial charge >= 0.3 is 0 Å². The van der Waals surface area contributed by atoms with Gasteiger partial charge in [0.1, 0.15) is 0 Å². The molecule has 120 valence electrons. The van der Waals surface area contributed by atoms with E-state index in [1.807, 2.05) is 63.3 Å². The number of hydrogen-bond donors (Lipinski definition) is 1. The lowest BCUT2D eigenvalue weighted by Gasteiger charge is -2.03. The van der Waals surface area contributed by atoms with Crippen LogP contribution in [0.5, 0.6) is 0 Å². The third-order valence-corrected chi connectivity index (χ3v) is 4.44. The fourth-order valence-electron chi connectivity index (χ4n) is 2.37. The van der Waals surface area contributed by atoms with Gasteiger partial charge in [-0.25, -0.2) is 4.98 Å². The third kappa shape index (κ3) is 2.91. The number of thiazole rings is 1. The van der Waals surface area contributed by atoms with Gasteiger partial charge in [-0.15, -0.1) is 21.5 Å². The summed E-state index contributed by atoms with van der Waals surface area (Å²) in [6.45, 7) is 0.332. The molecule has 0 unspecified atom stereocenters. The molecule has 0 aliphatic heterocycles. The van der Waals surface area contributed by atoms with Crippen LogP contribution in [0.25, 0.3) is 10.8 Å². The molecular weight excluding hydrogens is 324 g/mol. The molecule has 0 saturated heterocycles. The van der Waals surface area contributed by atoms with Crippen molar-refractivity contribution in [1.82, 2.24) is 29.5 Å². The predicted molar refractivity (Wildman–Crippen MR) is 90.0 cm³/mol. The molecule has 8 heteroatoms. The Morgan fingerprint density at radius 1 is 1.12 bits per heavy atom. The van der Waals surface area contributed by atoms with Crippen molar-refractivity contribution in [2.24, 2.45) is 0 Å². The summed E-state index contributed by atoms with van der Waals surface area (Å²) in [4.78, 5) is 16.6. The van der Waals surface area contributed by atoms with Crippen molar-refractivity contribution in [2.75, 3.05) is 0 Å². The number of aromatic nitrogens is 5. The lowest BCUT2D eigenvalue weighted by Crippen LogP contribution is -2.25. The van der Waals surface area contributed by atoms with Gasteiger partial charge in [0.05, 0.1) is 18.7 Å². The van der Waals surface area contributed by atoms with E-state index in [2.05, 4.69) is 20.5 Å². The number of carbonyl (C=O) groups is 1. The molecule has 0 saturated carbocycles. The number of carbonyl (C=O) groups excluding carboxylic acids is 1. The Morgan fingerprint density at radius 3 is 2.83 bits per heavy atom. The van der Waals surface area contributed by atoms with Crippen LogP contribution in [0.2, 0.25) is 0 Å². The van der Waals surface area contributed by atoms with E-state index in [9.17, 15) is 4.79 Å². The summed E-state index contributed by atoms with van der Waals surface area (Å²) in [7, 11) is 0. The Kier molecular flexibility index (Phi) is 3.80. The first-order valence-electron chi connectivity index (χ1n) is 7.43. The molecule has 4 aromatic heterocycles. The van der Waals surface area contributed by atoms with E-state index in [0.29, 0.717) is 12.4 Å². The number of nitrogens with zero attached hydrogens (tertiary/aromatic N) is 5. The molecule has 4 rings (SSSR count). The van der Waals surface area contributed by atoms with Gasteiger partial charge in [0, 0.05) is 24.0 Å². The van der Waals surface area contributed by atoms with Gasteiger partial charge in [-0.3, -0.25) is 9.20 Å². The zero-order valence-electron chi connectivity index (χ0n) is 12.7. The molecular formula is C16H14N6OS. The largest absolute Gasteiger partial charge is 0.348 e. The van der Waals surface area contributed by atoms with Crippen LogP contribution in [-0.2, 0) is 17.8 Å². The van der Waals surface area contributed by atoms with Gasteiger partial charge in [-0.2, -0.15) is 0 Å². The molecule has 1 amide bonds. The summed E-state index contributed by atoms with van der Waals surface area (Å²) in [6, 6.07) is 9.56. The summed E-state index contributed by atoms with van der Waals surface area (Å²) in [5, 5.41) is 13.8. The predicted octanol–water partition coefficient (Wildman–Crippen LogP) is 1.84. The van der Waals surface area contributed by atoms with E-state index in [1.54, 1.807) is 0 Å². The highest BCUT2D eigenvalue weighted by Crippen LogP contribution is 2.15. The van der Waals surface area contributed by atoms with Crippen molar-refractivity contribution in [3.8, 4) is 5.13 Å². The third-order valence-electron chi connectivity index (χ3n) is 3.53. The highest BCUT2D eigenvalue weighted by molar-refractivity contribution is 7.12. The molecule has 0 fully saturated rings. The van der Waals surface area contributed by atoms with E-state index >= 15 is 0 Å². The molecule has 0 spiro atoms. The van der Waals surface area contributed by atoms with Crippen LogP contribution in [0.15, 0.2) is 54.3 Å². The van der Waals surface area contributed by atoms with E-state index in [0.717, 1.165) is 16.5 Å². The summed E-state index contributed by atoms with van der Waals surface area (Å²) in [6.07, 6.45) is 5.98. The normalized spacial score (nSPS) is 11.0. The maximum absolute atomic E-state index is 12.1. The van der Waals surface area contributed by atoms with Gasteiger partial charge in [-0.1, -0.05) is 6.07 Å². The average molecular weight is 338 g/mol. The lowest BCUT2D eigenvalue weighted by molar-refractivity contribution is -0.120. The zero-order chi connectivity index (χ0) is 16.4. The van der Waals surface area contributed by atoms with E-state index in [1.165, 1.54) is 11.3 Å². The second kappa shape index (κ2) is 6.25. The van der Waals surface area contributed by atoms with Crippen LogP contribution in [0, 0.1) is 0 Å². The average Bonchev–Trinajstić information content (AvgIpc) is 3.33. The summed E-state index contributed by atoms with van der Waals surface area (Å²) in [5.41, 5.74) is 1.52. The lowest BCUT2D eigenvalue weighted by atomic mass is 10.3. The maximum atomic E-state index is 12.1. The van der Waals surface area contributed by atoms with Crippen LogP contribution in [0.1, 0.15) is 11.5 Å². The minimum absolute atomic E-state index is 0.0907. The fraction of sp³-hybridized carbons (Fsp3) is 0.125. The smallest absolute Gasteiger partial charge is 0.226 e. The van der Waals surface area contributed by atoms with E-state index < -0.39 is 0 Å². The first-order chi connectivity index (χ1) is 11.8. The standard InChI is InChI=1S/C16H14N6OS/c23-15(9-12-11-24-16(18-12)21-6-3-4-7-21)17-10-14-20-19-13-5-1-2-8-22(13)14/h1-8,11H,9-10H2,(H,17,23). The van der Waals surface area contributed by atoms with Crippen molar-refractivity contribution in [3.63, 3.8) is 0 Å². The Bertz CT molecular complexity index is 971. The highest BCUT2D eigenvalue weighted by Gasteiger charge is 2.10. The number of rotatable bonds is 5. The van der Waals surface area contributed by atoms with Crippen molar-refractivity contribution in [1.29, 1.82) is 0 Å². The molecule has 0 aliphatic carbocycles. The molecule has 24 heavy (non-hydrogen) atoms. The Hall–Kier alpha value is -3.00. The number of pyridine rings is 1. The van der Waals surface area contributed by atoms with Crippen molar-refractivity contribution in [2.45, 2.75) is 13.0 Å². The van der Waals surface area contributed by atoms with Gasteiger partial charge in [0.15, 0.2) is 16.6 Å². The molecule has 0 aliphatic rings. The van der Waals surface area contributed by atoms with Crippen molar-refractivity contribution >= 4 is 22.9 Å². The molecule has 0 aromatic carbocycles. The summed E-state index contributed by atoms with van der Waals surface area (Å²) >= 11 is 1.51.